The van der Waals surface area contributed by atoms with Crippen molar-refractivity contribution in [3.05, 3.63) is 22.8 Å². The number of amides is 2. The van der Waals surface area contributed by atoms with Gasteiger partial charge < -0.3 is 16.0 Å². The molecule has 1 aliphatic heterocycles. The number of piperidine rings is 1. The van der Waals surface area contributed by atoms with E-state index in [1.54, 1.807) is 24.1 Å². The number of hydrogen-bond acceptors (Lipinski definition) is 4. The first kappa shape index (κ1) is 21.9. The van der Waals surface area contributed by atoms with Crippen molar-refractivity contribution in [2.24, 2.45) is 11.7 Å². The largest absolute Gasteiger partial charge is 0.340 e. The fourth-order valence-corrected chi connectivity index (χ4v) is 3.28. The first-order valence-corrected chi connectivity index (χ1v) is 9.13. The highest BCUT2D eigenvalue weighted by molar-refractivity contribution is 9.10. The van der Waals surface area contributed by atoms with E-state index in [1.807, 2.05) is 13.0 Å². The van der Waals surface area contributed by atoms with Gasteiger partial charge in [-0.05, 0) is 54.2 Å². The topological polar surface area (TPSA) is 88.3 Å². The van der Waals surface area contributed by atoms with Crippen LogP contribution in [0.2, 0.25) is 0 Å². The predicted octanol–water partition coefficient (Wildman–Crippen LogP) is 2.96. The van der Waals surface area contributed by atoms with Crippen molar-refractivity contribution in [1.82, 2.24) is 9.88 Å². The number of nitrogens with zero attached hydrogens (tertiary/aromatic N) is 2. The molecule has 140 valence electrons. The van der Waals surface area contributed by atoms with Crippen LogP contribution in [-0.4, -0.2) is 40.3 Å². The van der Waals surface area contributed by atoms with Crippen LogP contribution in [0.25, 0.3) is 0 Å². The predicted molar refractivity (Wildman–Crippen MR) is 105 cm³/mol. The Hall–Kier alpha value is -1.18. The summed E-state index contributed by atoms with van der Waals surface area (Å²) in [6.45, 7) is 4.86. The molecule has 0 radical (unpaired) electrons. The van der Waals surface area contributed by atoms with Crippen molar-refractivity contribution in [3.63, 3.8) is 0 Å². The highest BCUT2D eigenvalue weighted by Gasteiger charge is 2.36. The van der Waals surface area contributed by atoms with Crippen LogP contribution in [0.1, 0.15) is 39.5 Å². The number of pyridine rings is 1. The van der Waals surface area contributed by atoms with Crippen LogP contribution in [0.15, 0.2) is 22.8 Å². The van der Waals surface area contributed by atoms with Crippen molar-refractivity contribution in [3.8, 4) is 0 Å². The minimum Gasteiger partial charge on any atom is -0.340 e. The molecule has 2 atom stereocenters. The molecular weight excluding hydrogens is 408 g/mol. The zero-order chi connectivity index (χ0) is 17.7. The molecule has 0 bridgehead atoms. The molecule has 0 aliphatic carbocycles. The minimum atomic E-state index is -0.861. The van der Waals surface area contributed by atoms with Gasteiger partial charge in [0.05, 0.1) is 11.5 Å². The SMILES string of the molecule is CCCC(C)(N)C(=O)N1CCCC(C(=O)Nc2ccc(Br)cn2)C1.Cl. The van der Waals surface area contributed by atoms with E-state index < -0.39 is 5.54 Å². The molecule has 25 heavy (non-hydrogen) atoms. The third-order valence-corrected chi connectivity index (χ3v) is 4.79. The Morgan fingerprint density at radius 2 is 2.20 bits per heavy atom. The van der Waals surface area contributed by atoms with E-state index in [1.165, 1.54) is 0 Å². The Morgan fingerprint density at radius 1 is 1.48 bits per heavy atom. The average molecular weight is 434 g/mol. The lowest BCUT2D eigenvalue weighted by molar-refractivity contribution is -0.139. The molecule has 1 aromatic rings. The molecule has 6 nitrogen and oxygen atoms in total. The number of nitrogens with one attached hydrogen (secondary N) is 1. The number of carbonyl (C=O) groups excluding carboxylic acids is 2. The second-order valence-corrected chi connectivity index (χ2v) is 7.52. The molecule has 1 aliphatic rings. The van der Waals surface area contributed by atoms with Gasteiger partial charge in [0.1, 0.15) is 5.82 Å². The van der Waals surface area contributed by atoms with Gasteiger partial charge in [-0.3, -0.25) is 9.59 Å². The molecule has 2 unspecified atom stereocenters. The highest BCUT2D eigenvalue weighted by atomic mass is 79.9. The monoisotopic (exact) mass is 432 g/mol. The van der Waals surface area contributed by atoms with E-state index in [9.17, 15) is 9.59 Å². The van der Waals surface area contributed by atoms with E-state index in [0.717, 1.165) is 23.7 Å². The number of nitrogens with two attached hydrogens (primary N) is 1. The Morgan fingerprint density at radius 3 is 2.80 bits per heavy atom. The summed E-state index contributed by atoms with van der Waals surface area (Å²) in [4.78, 5) is 31.0. The van der Waals surface area contributed by atoms with Gasteiger partial charge in [0.25, 0.3) is 0 Å². The lowest BCUT2D eigenvalue weighted by Crippen LogP contribution is -2.56. The van der Waals surface area contributed by atoms with E-state index in [0.29, 0.717) is 25.3 Å². The first-order chi connectivity index (χ1) is 11.3. The fraction of sp³-hybridized carbons (Fsp3) is 0.588. The second-order valence-electron chi connectivity index (χ2n) is 6.61. The van der Waals surface area contributed by atoms with Gasteiger partial charge in [0, 0.05) is 23.8 Å². The second kappa shape index (κ2) is 9.50. The van der Waals surface area contributed by atoms with E-state index in [4.69, 9.17) is 5.73 Å². The highest BCUT2D eigenvalue weighted by Crippen LogP contribution is 2.22. The molecule has 1 saturated heterocycles. The Balaban J connectivity index is 0.00000312. The quantitative estimate of drug-likeness (QED) is 0.747. The summed E-state index contributed by atoms with van der Waals surface area (Å²) in [5.41, 5.74) is 5.29. The summed E-state index contributed by atoms with van der Waals surface area (Å²) >= 11 is 3.31. The number of aromatic nitrogens is 1. The number of hydrogen-bond donors (Lipinski definition) is 2. The molecule has 0 aromatic carbocycles. The van der Waals surface area contributed by atoms with Crippen molar-refractivity contribution in [2.45, 2.75) is 45.1 Å². The molecular formula is C17H26BrClN4O2. The summed E-state index contributed by atoms with van der Waals surface area (Å²) in [5.74, 6) is 0.118. The maximum atomic E-state index is 12.6. The van der Waals surface area contributed by atoms with Gasteiger partial charge in [-0.15, -0.1) is 12.4 Å². The minimum absolute atomic E-state index is 0. The maximum absolute atomic E-state index is 12.6. The smallest absolute Gasteiger partial charge is 0.242 e. The Labute approximate surface area is 163 Å². The van der Waals surface area contributed by atoms with Crippen LogP contribution >= 0.6 is 28.3 Å². The third kappa shape index (κ3) is 5.94. The van der Waals surface area contributed by atoms with Crippen molar-refractivity contribution in [1.29, 1.82) is 0 Å². The van der Waals surface area contributed by atoms with Crippen LogP contribution < -0.4 is 11.1 Å². The standard InChI is InChI=1S/C17H25BrN4O2.ClH/c1-3-8-17(2,19)16(24)22-9-4-5-12(11-22)15(23)21-14-7-6-13(18)10-20-14;/h6-7,10,12H,3-5,8-9,11,19H2,1-2H3,(H,20,21,23);1H. The zero-order valence-corrected chi connectivity index (χ0v) is 17.0. The normalized spacial score (nSPS) is 19.5. The molecule has 8 heteroatoms. The van der Waals surface area contributed by atoms with Gasteiger partial charge in [0.2, 0.25) is 11.8 Å². The van der Waals surface area contributed by atoms with Crippen LogP contribution in [0, 0.1) is 5.92 Å². The number of anilines is 1. The number of rotatable bonds is 5. The Kier molecular flexibility index (Phi) is 8.31. The van der Waals surface area contributed by atoms with E-state index in [-0.39, 0.29) is 30.1 Å². The molecule has 3 N–H and O–H groups in total. The molecule has 0 spiro atoms. The van der Waals surface area contributed by atoms with Crippen molar-refractivity contribution >= 4 is 46.0 Å². The number of carbonyl (C=O) groups is 2. The molecule has 1 aromatic heterocycles. The summed E-state index contributed by atoms with van der Waals surface area (Å²) in [5, 5.41) is 2.82. The van der Waals surface area contributed by atoms with Gasteiger partial charge in [0.15, 0.2) is 0 Å². The lowest BCUT2D eigenvalue weighted by atomic mass is 9.91. The summed E-state index contributed by atoms with van der Waals surface area (Å²) in [6, 6.07) is 3.57. The van der Waals surface area contributed by atoms with Gasteiger partial charge in [-0.25, -0.2) is 4.98 Å². The molecule has 0 saturated carbocycles. The van der Waals surface area contributed by atoms with Crippen LogP contribution in [-0.2, 0) is 9.59 Å². The van der Waals surface area contributed by atoms with Crippen LogP contribution in [0.5, 0.6) is 0 Å². The van der Waals surface area contributed by atoms with E-state index in [2.05, 4.69) is 26.2 Å². The van der Waals surface area contributed by atoms with Gasteiger partial charge in [-0.1, -0.05) is 13.3 Å². The average Bonchev–Trinajstić information content (AvgIpc) is 2.56. The van der Waals surface area contributed by atoms with Crippen LogP contribution in [0.3, 0.4) is 0 Å². The molecule has 2 rings (SSSR count). The molecule has 1 fully saturated rings. The number of halogens is 2. The Bertz CT molecular complexity index is 595. The molecule has 2 amide bonds. The maximum Gasteiger partial charge on any atom is 0.242 e. The van der Waals surface area contributed by atoms with E-state index >= 15 is 0 Å². The van der Waals surface area contributed by atoms with Crippen LogP contribution in [0.4, 0.5) is 5.82 Å². The first-order valence-electron chi connectivity index (χ1n) is 8.34. The third-order valence-electron chi connectivity index (χ3n) is 4.32. The van der Waals surface area contributed by atoms with Crippen molar-refractivity contribution < 1.29 is 9.59 Å². The van der Waals surface area contributed by atoms with Gasteiger partial charge in [-0.2, -0.15) is 0 Å². The lowest BCUT2D eigenvalue weighted by Gasteiger charge is -2.37. The molecule has 2 heterocycles. The summed E-state index contributed by atoms with van der Waals surface area (Å²) in [7, 11) is 0. The number of likely N-dealkylation sites (tertiary alicyclic amines) is 1. The summed E-state index contributed by atoms with van der Waals surface area (Å²) < 4.78 is 0.855. The van der Waals surface area contributed by atoms with Crippen molar-refractivity contribution in [2.75, 3.05) is 18.4 Å². The zero-order valence-electron chi connectivity index (χ0n) is 14.6. The fourth-order valence-electron chi connectivity index (χ4n) is 3.04. The summed E-state index contributed by atoms with van der Waals surface area (Å²) in [6.07, 6.45) is 4.70. The van der Waals surface area contributed by atoms with Gasteiger partial charge >= 0.3 is 0 Å².